The van der Waals surface area contributed by atoms with E-state index in [0.29, 0.717) is 26.8 Å². The van der Waals surface area contributed by atoms with Gasteiger partial charge >= 0.3 is 5.97 Å². The minimum Gasteiger partial charge on any atom is -0.478 e. The molecule has 5 nitrogen and oxygen atoms in total. The van der Waals surface area contributed by atoms with E-state index in [0.717, 1.165) is 0 Å². The largest absolute Gasteiger partial charge is 0.478 e. The number of carbonyl (C=O) groups is 1. The highest BCUT2D eigenvalue weighted by molar-refractivity contribution is 6.34. The molecule has 0 atom stereocenters. The maximum atomic E-state index is 10.9. The van der Waals surface area contributed by atoms with E-state index in [9.17, 15) is 4.79 Å². The van der Waals surface area contributed by atoms with Crippen molar-refractivity contribution in [2.24, 2.45) is 0 Å². The first kappa shape index (κ1) is 12.9. The summed E-state index contributed by atoms with van der Waals surface area (Å²) >= 11 is 12.1. The molecule has 0 saturated carbocycles. The van der Waals surface area contributed by atoms with Gasteiger partial charge in [0.05, 0.1) is 21.8 Å². The van der Waals surface area contributed by atoms with Crippen molar-refractivity contribution in [2.45, 2.75) is 0 Å². The van der Waals surface area contributed by atoms with Crippen LogP contribution in [-0.4, -0.2) is 26.1 Å². The quantitative estimate of drug-likeness (QED) is 0.787. The van der Waals surface area contributed by atoms with Gasteiger partial charge in [-0.15, -0.1) is 5.10 Å². The molecular weight excluding hydrogens is 301 g/mol. The normalized spacial score (nSPS) is 10.9. The molecule has 0 spiro atoms. The monoisotopic (exact) mass is 307 g/mol. The Hall–Kier alpha value is -2.11. The topological polar surface area (TPSA) is 68.0 Å². The van der Waals surface area contributed by atoms with Crippen LogP contribution in [-0.2, 0) is 0 Å². The summed E-state index contributed by atoms with van der Waals surface area (Å²) < 4.78 is 1.52. The number of aromatic nitrogens is 3. The number of rotatable bonds is 2. The molecule has 0 aliphatic rings. The molecule has 0 fully saturated rings. The summed E-state index contributed by atoms with van der Waals surface area (Å²) in [4.78, 5) is 10.9. The van der Waals surface area contributed by atoms with E-state index in [4.69, 9.17) is 28.3 Å². The molecule has 0 bridgehead atoms. The third-order valence-corrected chi connectivity index (χ3v) is 3.38. The van der Waals surface area contributed by atoms with E-state index in [1.165, 1.54) is 16.8 Å². The Morgan fingerprint density at radius 1 is 1.15 bits per heavy atom. The van der Waals surface area contributed by atoms with Crippen LogP contribution in [0.15, 0.2) is 36.4 Å². The lowest BCUT2D eigenvalue weighted by Crippen LogP contribution is -1.98. The van der Waals surface area contributed by atoms with E-state index < -0.39 is 5.97 Å². The average Bonchev–Trinajstić information content (AvgIpc) is 2.84. The second-order valence-corrected chi connectivity index (χ2v) is 4.95. The molecule has 20 heavy (non-hydrogen) atoms. The molecule has 7 heteroatoms. The van der Waals surface area contributed by atoms with Crippen molar-refractivity contribution in [3.8, 4) is 5.69 Å². The van der Waals surface area contributed by atoms with Crippen LogP contribution in [0.5, 0.6) is 0 Å². The predicted molar refractivity (Wildman–Crippen MR) is 75.8 cm³/mol. The highest BCUT2D eigenvalue weighted by Crippen LogP contribution is 2.26. The van der Waals surface area contributed by atoms with Crippen LogP contribution in [0.1, 0.15) is 10.4 Å². The van der Waals surface area contributed by atoms with Crippen LogP contribution in [0.3, 0.4) is 0 Å². The number of aromatic carboxylic acids is 1. The van der Waals surface area contributed by atoms with E-state index in [-0.39, 0.29) is 5.56 Å². The van der Waals surface area contributed by atoms with Crippen LogP contribution in [0, 0.1) is 0 Å². The van der Waals surface area contributed by atoms with Gasteiger partial charge in [0.25, 0.3) is 0 Å². The zero-order valence-electron chi connectivity index (χ0n) is 9.92. The Labute approximate surface area is 123 Å². The fraction of sp³-hybridized carbons (Fsp3) is 0. The van der Waals surface area contributed by atoms with Crippen LogP contribution in [0.25, 0.3) is 16.7 Å². The summed E-state index contributed by atoms with van der Waals surface area (Å²) in [7, 11) is 0. The second-order valence-electron chi connectivity index (χ2n) is 4.11. The Morgan fingerprint density at radius 2 is 1.95 bits per heavy atom. The molecule has 1 heterocycles. The van der Waals surface area contributed by atoms with Gasteiger partial charge in [-0.25, -0.2) is 9.48 Å². The van der Waals surface area contributed by atoms with Crippen molar-refractivity contribution in [2.75, 3.05) is 0 Å². The smallest absolute Gasteiger partial charge is 0.335 e. The van der Waals surface area contributed by atoms with Crippen molar-refractivity contribution in [1.82, 2.24) is 15.0 Å². The summed E-state index contributed by atoms with van der Waals surface area (Å²) in [5.41, 5.74) is 1.87. The highest BCUT2D eigenvalue weighted by Gasteiger charge is 2.12. The van der Waals surface area contributed by atoms with Crippen molar-refractivity contribution in [1.29, 1.82) is 0 Å². The van der Waals surface area contributed by atoms with Crippen molar-refractivity contribution in [3.63, 3.8) is 0 Å². The molecule has 0 aliphatic heterocycles. The van der Waals surface area contributed by atoms with E-state index >= 15 is 0 Å². The summed E-state index contributed by atoms with van der Waals surface area (Å²) in [6.07, 6.45) is 0. The van der Waals surface area contributed by atoms with Gasteiger partial charge in [-0.1, -0.05) is 28.4 Å². The summed E-state index contributed by atoms with van der Waals surface area (Å²) in [6.45, 7) is 0. The summed E-state index contributed by atoms with van der Waals surface area (Å²) in [6, 6.07) is 9.59. The number of carboxylic acids is 1. The minimum atomic E-state index is -1.01. The lowest BCUT2D eigenvalue weighted by atomic mass is 10.2. The van der Waals surface area contributed by atoms with Gasteiger partial charge in [0, 0.05) is 5.02 Å². The fourth-order valence-corrected chi connectivity index (χ4v) is 2.25. The third-order valence-electron chi connectivity index (χ3n) is 2.83. The number of fused-ring (bicyclic) bond motifs is 1. The molecule has 0 radical (unpaired) electrons. The number of nitrogens with zero attached hydrogens (tertiary/aromatic N) is 3. The number of carboxylic acid groups (broad SMARTS) is 1. The summed E-state index contributed by atoms with van der Waals surface area (Å²) in [5, 5.41) is 17.9. The van der Waals surface area contributed by atoms with Crippen molar-refractivity contribution >= 4 is 40.2 Å². The first-order valence-corrected chi connectivity index (χ1v) is 6.36. The Morgan fingerprint density at radius 3 is 2.70 bits per heavy atom. The second kappa shape index (κ2) is 4.77. The summed E-state index contributed by atoms with van der Waals surface area (Å²) in [5.74, 6) is -1.01. The molecule has 100 valence electrons. The first-order chi connectivity index (χ1) is 9.56. The molecule has 1 aromatic heterocycles. The molecule has 0 saturated heterocycles. The van der Waals surface area contributed by atoms with Gasteiger partial charge in [-0.05, 0) is 36.4 Å². The van der Waals surface area contributed by atoms with Gasteiger partial charge in [-0.2, -0.15) is 0 Å². The Balaban J connectivity index is 2.22. The van der Waals surface area contributed by atoms with Crippen molar-refractivity contribution in [3.05, 3.63) is 52.0 Å². The molecule has 0 aliphatic carbocycles. The maximum absolute atomic E-state index is 10.9. The molecule has 0 unspecified atom stereocenters. The van der Waals surface area contributed by atoms with Crippen LogP contribution in [0.2, 0.25) is 10.0 Å². The van der Waals surface area contributed by atoms with Crippen LogP contribution >= 0.6 is 23.2 Å². The third kappa shape index (κ3) is 2.11. The van der Waals surface area contributed by atoms with Gasteiger partial charge in [0.2, 0.25) is 0 Å². The zero-order chi connectivity index (χ0) is 14.3. The predicted octanol–water partition coefficient (Wildman–Crippen LogP) is 3.43. The molecule has 0 amide bonds. The molecular formula is C13H7Cl2N3O2. The van der Waals surface area contributed by atoms with Gasteiger partial charge in [-0.3, -0.25) is 0 Å². The van der Waals surface area contributed by atoms with Gasteiger partial charge in [0.1, 0.15) is 5.52 Å². The molecule has 2 aromatic carbocycles. The van der Waals surface area contributed by atoms with Crippen LogP contribution in [0.4, 0.5) is 0 Å². The molecule has 3 rings (SSSR count). The molecule has 1 N–H and O–H groups in total. The SMILES string of the molecule is O=C(O)c1ccc2c(c1)nnn2-c1cc(Cl)ccc1Cl. The lowest BCUT2D eigenvalue weighted by molar-refractivity contribution is 0.0697. The number of hydrogen-bond donors (Lipinski definition) is 1. The number of benzene rings is 2. The van der Waals surface area contributed by atoms with Gasteiger partial charge in [0.15, 0.2) is 0 Å². The molecule has 3 aromatic rings. The first-order valence-electron chi connectivity index (χ1n) is 5.60. The standard InChI is InChI=1S/C13H7Cl2N3O2/c14-8-2-3-9(15)12(6-8)18-11-4-1-7(13(19)20)5-10(11)16-17-18/h1-6H,(H,19,20). The van der Waals surface area contributed by atoms with Crippen LogP contribution < -0.4 is 0 Å². The highest BCUT2D eigenvalue weighted by atomic mass is 35.5. The fourth-order valence-electron chi connectivity index (χ4n) is 1.88. The number of hydrogen-bond acceptors (Lipinski definition) is 3. The lowest BCUT2D eigenvalue weighted by Gasteiger charge is -2.05. The number of halogens is 2. The Bertz CT molecular complexity index is 830. The minimum absolute atomic E-state index is 0.154. The average molecular weight is 308 g/mol. The zero-order valence-corrected chi connectivity index (χ0v) is 11.4. The van der Waals surface area contributed by atoms with Gasteiger partial charge < -0.3 is 5.11 Å². The maximum Gasteiger partial charge on any atom is 0.335 e. The van der Waals surface area contributed by atoms with E-state index in [2.05, 4.69) is 10.3 Å². The van der Waals surface area contributed by atoms with E-state index in [1.807, 2.05) is 0 Å². The van der Waals surface area contributed by atoms with Crippen molar-refractivity contribution < 1.29 is 9.90 Å². The Kier molecular flexibility index (Phi) is 3.08. The van der Waals surface area contributed by atoms with E-state index in [1.54, 1.807) is 24.3 Å².